The summed E-state index contributed by atoms with van der Waals surface area (Å²) >= 11 is 0. The van der Waals surface area contributed by atoms with Crippen molar-refractivity contribution in [3.8, 4) is 0 Å². The molecule has 1 fully saturated rings. The Morgan fingerprint density at radius 3 is 2.10 bits per heavy atom. The van der Waals surface area contributed by atoms with Gasteiger partial charge in [0.1, 0.15) is 0 Å². The van der Waals surface area contributed by atoms with Crippen molar-refractivity contribution >= 4 is 17.3 Å². The first-order valence-electron chi connectivity index (χ1n) is 10.9. The number of rotatable bonds is 12. The van der Waals surface area contributed by atoms with Crippen LogP contribution >= 0.6 is 0 Å². The predicted molar refractivity (Wildman–Crippen MR) is 113 cm³/mol. The van der Waals surface area contributed by atoms with E-state index in [-0.39, 0.29) is 42.9 Å². The van der Waals surface area contributed by atoms with Crippen molar-refractivity contribution < 1.29 is 24.6 Å². The van der Waals surface area contributed by atoms with E-state index in [1.165, 1.54) is 0 Å². The van der Waals surface area contributed by atoms with Crippen molar-refractivity contribution in [3.05, 3.63) is 11.3 Å². The van der Waals surface area contributed by atoms with Crippen LogP contribution in [0.2, 0.25) is 0 Å². The standard InChI is InChI=1S/C23H39NO5/c1-14(2)7-9-17-21(27)20(18(13-16(5)6)24-11-12-25)22(28)23(17,29)19(26)10-8-15(3)4/h14-17,24-25,29H,7-13H2,1-6H3/b20-18+/t17-,23+/m0/s1. The molecule has 6 heteroatoms. The number of allylic oxidation sites excluding steroid dienone is 1. The number of aliphatic hydroxyl groups is 2. The van der Waals surface area contributed by atoms with Crippen LogP contribution in [0.15, 0.2) is 11.3 Å². The van der Waals surface area contributed by atoms with E-state index in [0.29, 0.717) is 31.4 Å². The number of hydrogen-bond donors (Lipinski definition) is 3. The van der Waals surface area contributed by atoms with Crippen molar-refractivity contribution in [2.75, 3.05) is 13.2 Å². The maximum absolute atomic E-state index is 13.3. The quantitative estimate of drug-likeness (QED) is 0.260. The molecule has 0 amide bonds. The summed E-state index contributed by atoms with van der Waals surface area (Å²) in [5.74, 6) is -2.12. The van der Waals surface area contributed by atoms with Gasteiger partial charge in [0, 0.05) is 18.7 Å². The van der Waals surface area contributed by atoms with Crippen LogP contribution in [-0.4, -0.2) is 46.3 Å². The van der Waals surface area contributed by atoms with Gasteiger partial charge in [0.05, 0.1) is 18.1 Å². The minimum absolute atomic E-state index is 0.0717. The van der Waals surface area contributed by atoms with E-state index in [1.807, 2.05) is 41.5 Å². The van der Waals surface area contributed by atoms with Crippen molar-refractivity contribution in [2.24, 2.45) is 23.7 Å². The van der Waals surface area contributed by atoms with Crippen LogP contribution < -0.4 is 5.32 Å². The Hall–Kier alpha value is -1.53. The highest BCUT2D eigenvalue weighted by Crippen LogP contribution is 2.40. The molecule has 29 heavy (non-hydrogen) atoms. The molecule has 0 aromatic carbocycles. The lowest BCUT2D eigenvalue weighted by Crippen LogP contribution is -2.49. The summed E-state index contributed by atoms with van der Waals surface area (Å²) < 4.78 is 0. The number of hydrogen-bond acceptors (Lipinski definition) is 6. The second-order valence-corrected chi connectivity index (χ2v) is 9.44. The van der Waals surface area contributed by atoms with E-state index in [1.54, 1.807) is 0 Å². The molecule has 0 heterocycles. The van der Waals surface area contributed by atoms with E-state index in [2.05, 4.69) is 5.32 Å². The molecule has 1 aliphatic rings. The van der Waals surface area contributed by atoms with Gasteiger partial charge in [0.2, 0.25) is 5.78 Å². The Balaban J connectivity index is 3.43. The van der Waals surface area contributed by atoms with E-state index >= 15 is 0 Å². The molecule has 3 N–H and O–H groups in total. The highest BCUT2D eigenvalue weighted by atomic mass is 16.3. The summed E-state index contributed by atoms with van der Waals surface area (Å²) in [5, 5.41) is 23.5. The van der Waals surface area contributed by atoms with Crippen molar-refractivity contribution in [2.45, 2.75) is 79.2 Å². The average Bonchev–Trinajstić information content (AvgIpc) is 2.81. The zero-order chi connectivity index (χ0) is 22.4. The van der Waals surface area contributed by atoms with Crippen molar-refractivity contribution in [1.29, 1.82) is 0 Å². The van der Waals surface area contributed by atoms with Crippen LogP contribution in [0, 0.1) is 23.7 Å². The molecule has 6 nitrogen and oxygen atoms in total. The molecule has 1 saturated carbocycles. The van der Waals surface area contributed by atoms with E-state index in [4.69, 9.17) is 0 Å². The van der Waals surface area contributed by atoms with Gasteiger partial charge in [0.15, 0.2) is 17.2 Å². The lowest BCUT2D eigenvalue weighted by Gasteiger charge is -2.26. The maximum atomic E-state index is 13.3. The Bertz CT molecular complexity index is 635. The lowest BCUT2D eigenvalue weighted by atomic mass is 9.79. The molecule has 0 bridgehead atoms. The Labute approximate surface area is 175 Å². The number of carbonyl (C=O) groups is 3. The number of aliphatic hydroxyl groups excluding tert-OH is 1. The first kappa shape index (κ1) is 25.5. The van der Waals surface area contributed by atoms with Crippen LogP contribution in [0.5, 0.6) is 0 Å². The lowest BCUT2D eigenvalue weighted by molar-refractivity contribution is -0.153. The maximum Gasteiger partial charge on any atom is 0.208 e. The van der Waals surface area contributed by atoms with Crippen molar-refractivity contribution in [3.63, 3.8) is 0 Å². The van der Waals surface area contributed by atoms with Crippen LogP contribution in [0.4, 0.5) is 0 Å². The summed E-state index contributed by atoms with van der Waals surface area (Å²) in [7, 11) is 0. The summed E-state index contributed by atoms with van der Waals surface area (Å²) in [6, 6.07) is 0. The number of nitrogens with one attached hydrogen (secondary N) is 1. The summed E-state index contributed by atoms with van der Waals surface area (Å²) in [6.07, 6.45) is 1.99. The molecular formula is C23H39NO5. The second kappa shape index (κ2) is 11.0. The fourth-order valence-electron chi connectivity index (χ4n) is 3.76. The minimum atomic E-state index is -2.28. The van der Waals surface area contributed by atoms with E-state index in [9.17, 15) is 24.6 Å². The summed E-state index contributed by atoms with van der Waals surface area (Å²) in [5.41, 5.74) is -1.94. The van der Waals surface area contributed by atoms with Crippen LogP contribution in [0.1, 0.15) is 73.6 Å². The van der Waals surface area contributed by atoms with Gasteiger partial charge in [-0.15, -0.1) is 0 Å². The zero-order valence-corrected chi connectivity index (χ0v) is 18.9. The van der Waals surface area contributed by atoms with Gasteiger partial charge in [-0.1, -0.05) is 48.0 Å². The molecule has 0 saturated heterocycles. The largest absolute Gasteiger partial charge is 0.395 e. The Morgan fingerprint density at radius 2 is 1.62 bits per heavy atom. The van der Waals surface area contributed by atoms with Crippen LogP contribution in [0.25, 0.3) is 0 Å². The van der Waals surface area contributed by atoms with Gasteiger partial charge in [0.25, 0.3) is 0 Å². The molecule has 0 spiro atoms. The number of carbonyl (C=O) groups excluding carboxylic acids is 3. The first-order valence-corrected chi connectivity index (χ1v) is 10.9. The summed E-state index contributed by atoms with van der Waals surface area (Å²) in [6.45, 7) is 11.9. The fraction of sp³-hybridized carbons (Fsp3) is 0.783. The number of ketones is 3. The van der Waals surface area contributed by atoms with Gasteiger partial charge in [-0.2, -0.15) is 0 Å². The molecule has 2 atom stereocenters. The molecule has 0 aliphatic heterocycles. The van der Waals surface area contributed by atoms with Crippen molar-refractivity contribution in [1.82, 2.24) is 5.32 Å². The van der Waals surface area contributed by atoms with Gasteiger partial charge < -0.3 is 15.5 Å². The fourth-order valence-corrected chi connectivity index (χ4v) is 3.76. The predicted octanol–water partition coefficient (Wildman–Crippen LogP) is 2.81. The van der Waals surface area contributed by atoms with Gasteiger partial charge >= 0.3 is 0 Å². The molecule has 1 aliphatic carbocycles. The third-order valence-corrected chi connectivity index (χ3v) is 5.41. The number of Topliss-reactive ketones (excluding diaryl/α,β-unsaturated/α-hetero) is 3. The zero-order valence-electron chi connectivity index (χ0n) is 18.9. The highest BCUT2D eigenvalue weighted by Gasteiger charge is 2.61. The SMILES string of the molecule is CC(C)CCC(=O)[C@@]1(O)C(=O)/C(=C(\CC(C)C)NCCO)C(=O)[C@@H]1CCC(C)C. The molecule has 0 unspecified atom stereocenters. The smallest absolute Gasteiger partial charge is 0.208 e. The highest BCUT2D eigenvalue weighted by molar-refractivity contribution is 6.37. The third-order valence-electron chi connectivity index (χ3n) is 5.41. The Morgan fingerprint density at radius 1 is 1.03 bits per heavy atom. The second-order valence-electron chi connectivity index (χ2n) is 9.44. The molecule has 1 rings (SSSR count). The Kier molecular flexibility index (Phi) is 9.69. The van der Waals surface area contributed by atoms with E-state index in [0.717, 1.165) is 0 Å². The van der Waals surface area contributed by atoms with Crippen LogP contribution in [0.3, 0.4) is 0 Å². The monoisotopic (exact) mass is 409 g/mol. The average molecular weight is 410 g/mol. The van der Waals surface area contributed by atoms with Gasteiger partial charge in [-0.05, 0) is 37.0 Å². The normalized spacial score (nSPS) is 24.2. The molecule has 166 valence electrons. The minimum Gasteiger partial charge on any atom is -0.395 e. The molecule has 0 aromatic heterocycles. The van der Waals surface area contributed by atoms with E-state index < -0.39 is 28.9 Å². The summed E-state index contributed by atoms with van der Waals surface area (Å²) in [4.78, 5) is 39.6. The molecule has 0 radical (unpaired) electrons. The topological polar surface area (TPSA) is 104 Å². The first-order chi connectivity index (χ1) is 13.5. The molecular weight excluding hydrogens is 370 g/mol. The van der Waals surface area contributed by atoms with Crippen LogP contribution in [-0.2, 0) is 14.4 Å². The van der Waals surface area contributed by atoms with Gasteiger partial charge in [-0.25, -0.2) is 0 Å². The third kappa shape index (κ3) is 6.22. The molecule has 0 aromatic rings. The van der Waals surface area contributed by atoms with Gasteiger partial charge in [-0.3, -0.25) is 14.4 Å².